The largest absolute Gasteiger partial charge is 0.416 e. The zero-order valence-corrected chi connectivity index (χ0v) is 17.7. The van der Waals surface area contributed by atoms with Gasteiger partial charge in [0.15, 0.2) is 0 Å². The average molecular weight is 450 g/mol. The van der Waals surface area contributed by atoms with E-state index in [0.29, 0.717) is 31.1 Å². The van der Waals surface area contributed by atoms with Crippen LogP contribution >= 0.6 is 11.6 Å². The Balaban J connectivity index is 1.73. The van der Waals surface area contributed by atoms with Gasteiger partial charge in [0.2, 0.25) is 0 Å². The Morgan fingerprint density at radius 1 is 1.10 bits per heavy atom. The predicted molar refractivity (Wildman–Crippen MR) is 116 cm³/mol. The number of hydrogen-bond acceptors (Lipinski definition) is 1. The molecule has 31 heavy (non-hydrogen) atoms. The fraction of sp³-hybridized carbons (Fsp3) is 0.261. The number of amides is 2. The van der Waals surface area contributed by atoms with Crippen molar-refractivity contribution in [2.45, 2.75) is 32.6 Å². The Bertz CT molecular complexity index is 1030. The Kier molecular flexibility index (Phi) is 7.28. The number of carbonyl (C=O) groups is 1. The smallest absolute Gasteiger partial charge is 0.345 e. The topological polar surface area (TPSA) is 37.3 Å². The van der Waals surface area contributed by atoms with Crippen LogP contribution in [0.25, 0.3) is 0 Å². The molecule has 1 N–H and O–H groups in total. The molecule has 3 aromatic rings. The number of nitrogens with one attached hydrogen (secondary N) is 1. The summed E-state index contributed by atoms with van der Waals surface area (Å²) in [7, 11) is 0. The molecule has 0 bridgehead atoms. The molecule has 164 valence electrons. The van der Waals surface area contributed by atoms with Gasteiger partial charge in [0, 0.05) is 35.7 Å². The fourth-order valence-electron chi connectivity index (χ4n) is 3.27. The van der Waals surface area contributed by atoms with Crippen LogP contribution in [0.3, 0.4) is 0 Å². The third-order valence-corrected chi connectivity index (χ3v) is 4.98. The van der Waals surface area contributed by atoms with Crippen molar-refractivity contribution in [3.8, 4) is 0 Å². The Labute approximate surface area is 184 Å². The van der Waals surface area contributed by atoms with E-state index in [1.54, 1.807) is 4.90 Å². The second kappa shape index (κ2) is 9.92. The van der Waals surface area contributed by atoms with E-state index in [4.69, 9.17) is 11.6 Å². The van der Waals surface area contributed by atoms with Crippen molar-refractivity contribution in [3.63, 3.8) is 0 Å². The van der Waals surface area contributed by atoms with Crippen molar-refractivity contribution in [1.82, 2.24) is 9.47 Å². The van der Waals surface area contributed by atoms with Gasteiger partial charge in [0.05, 0.1) is 12.1 Å². The summed E-state index contributed by atoms with van der Waals surface area (Å²) < 4.78 is 40.9. The molecule has 8 heteroatoms. The van der Waals surface area contributed by atoms with Crippen LogP contribution in [0.2, 0.25) is 5.02 Å². The Hall–Kier alpha value is -2.93. The second-order valence-corrected chi connectivity index (χ2v) is 7.62. The summed E-state index contributed by atoms with van der Waals surface area (Å²) in [5, 5.41) is 3.24. The molecule has 0 unspecified atom stereocenters. The molecule has 3 rings (SSSR count). The van der Waals surface area contributed by atoms with E-state index in [2.05, 4.69) is 5.32 Å². The van der Waals surface area contributed by atoms with Crippen molar-refractivity contribution in [2.24, 2.45) is 0 Å². The van der Waals surface area contributed by atoms with E-state index in [1.165, 1.54) is 12.1 Å². The zero-order chi connectivity index (χ0) is 22.4. The lowest BCUT2D eigenvalue weighted by Gasteiger charge is -2.24. The van der Waals surface area contributed by atoms with Crippen LogP contribution in [0.4, 0.5) is 23.7 Å². The van der Waals surface area contributed by atoms with E-state index < -0.39 is 17.8 Å². The number of nitrogens with zero attached hydrogens (tertiary/aromatic N) is 2. The van der Waals surface area contributed by atoms with Gasteiger partial charge in [-0.1, -0.05) is 36.7 Å². The number of benzene rings is 2. The molecule has 0 radical (unpaired) electrons. The lowest BCUT2D eigenvalue weighted by molar-refractivity contribution is -0.137. The number of urea groups is 1. The Morgan fingerprint density at radius 2 is 1.87 bits per heavy atom. The molecule has 2 aromatic carbocycles. The molecule has 0 aliphatic heterocycles. The molecular weight excluding hydrogens is 427 g/mol. The third kappa shape index (κ3) is 6.28. The minimum Gasteiger partial charge on any atom is -0.345 e. The lowest BCUT2D eigenvalue weighted by Crippen LogP contribution is -2.35. The first-order valence-corrected chi connectivity index (χ1v) is 10.3. The number of halogens is 4. The minimum atomic E-state index is -4.47. The quantitative estimate of drug-likeness (QED) is 0.430. The summed E-state index contributed by atoms with van der Waals surface area (Å²) in [5.41, 5.74) is 1.24. The molecule has 4 nitrogen and oxygen atoms in total. The molecule has 0 spiro atoms. The normalized spacial score (nSPS) is 11.4. The third-order valence-electron chi connectivity index (χ3n) is 4.74. The van der Waals surface area contributed by atoms with Gasteiger partial charge >= 0.3 is 12.2 Å². The van der Waals surface area contributed by atoms with Gasteiger partial charge in [0.1, 0.15) is 0 Å². The maximum atomic E-state index is 13.0. The van der Waals surface area contributed by atoms with Crippen LogP contribution in [0.5, 0.6) is 0 Å². The first-order chi connectivity index (χ1) is 14.8. The summed E-state index contributed by atoms with van der Waals surface area (Å²) in [5.74, 6) is 0. The van der Waals surface area contributed by atoms with Crippen LogP contribution in [0.15, 0.2) is 66.9 Å². The van der Waals surface area contributed by atoms with Gasteiger partial charge in [-0.2, -0.15) is 13.2 Å². The molecule has 0 atom stereocenters. The molecule has 0 saturated heterocycles. The molecular formula is C23H23ClF3N3O. The molecule has 0 fully saturated rings. The van der Waals surface area contributed by atoms with E-state index in [9.17, 15) is 18.0 Å². The molecule has 0 aliphatic carbocycles. The Morgan fingerprint density at radius 3 is 2.58 bits per heavy atom. The fourth-order valence-corrected chi connectivity index (χ4v) is 3.49. The summed E-state index contributed by atoms with van der Waals surface area (Å²) in [6.07, 6.45) is -1.83. The highest BCUT2D eigenvalue weighted by Gasteiger charge is 2.30. The summed E-state index contributed by atoms with van der Waals surface area (Å²) in [6.45, 7) is 3.33. The van der Waals surface area contributed by atoms with E-state index >= 15 is 0 Å². The number of rotatable bonds is 7. The van der Waals surface area contributed by atoms with Crippen molar-refractivity contribution >= 4 is 23.3 Å². The minimum absolute atomic E-state index is 0.107. The predicted octanol–water partition coefficient (Wildman–Crippen LogP) is 6.65. The van der Waals surface area contributed by atoms with Crippen molar-refractivity contribution in [3.05, 3.63) is 88.7 Å². The summed E-state index contributed by atoms with van der Waals surface area (Å²) in [6, 6.07) is 15.5. The van der Waals surface area contributed by atoms with Gasteiger partial charge in [-0.3, -0.25) is 0 Å². The van der Waals surface area contributed by atoms with Crippen LogP contribution in [0.1, 0.15) is 30.2 Å². The molecule has 1 heterocycles. The molecule has 1 aromatic heterocycles. The van der Waals surface area contributed by atoms with Crippen LogP contribution in [-0.4, -0.2) is 22.0 Å². The first kappa shape index (κ1) is 22.7. The van der Waals surface area contributed by atoms with Gasteiger partial charge in [-0.25, -0.2) is 4.79 Å². The van der Waals surface area contributed by atoms with E-state index in [-0.39, 0.29) is 5.69 Å². The maximum absolute atomic E-state index is 13.0. The average Bonchev–Trinajstić information content (AvgIpc) is 3.14. The molecule has 2 amide bonds. The number of anilines is 1. The van der Waals surface area contributed by atoms with Gasteiger partial charge in [0.25, 0.3) is 0 Å². The summed E-state index contributed by atoms with van der Waals surface area (Å²) >= 11 is 6.07. The van der Waals surface area contributed by atoms with E-state index in [0.717, 1.165) is 23.4 Å². The lowest BCUT2D eigenvalue weighted by atomic mass is 10.2. The highest BCUT2D eigenvalue weighted by atomic mass is 35.5. The van der Waals surface area contributed by atoms with Gasteiger partial charge in [-0.05, 0) is 54.4 Å². The van der Waals surface area contributed by atoms with Crippen molar-refractivity contribution in [1.29, 1.82) is 0 Å². The molecule has 0 saturated carbocycles. The number of carbonyl (C=O) groups excluding carboxylic acids is 1. The van der Waals surface area contributed by atoms with E-state index in [1.807, 2.05) is 54.1 Å². The number of alkyl halides is 3. The number of hydrogen-bond donors (Lipinski definition) is 1. The van der Waals surface area contributed by atoms with Crippen molar-refractivity contribution in [2.75, 3.05) is 11.9 Å². The standard InChI is InChI=1S/C23H23ClF3N3O/c1-2-11-30(22(31)28-20-9-4-7-18(14-20)23(25,26)27)16-21-10-5-12-29(21)15-17-6-3-8-19(24)13-17/h3-10,12-14H,2,11,15-16H2,1H3,(H,28,31). The monoisotopic (exact) mass is 449 g/mol. The second-order valence-electron chi connectivity index (χ2n) is 7.19. The van der Waals surface area contributed by atoms with Crippen LogP contribution in [-0.2, 0) is 19.3 Å². The van der Waals surface area contributed by atoms with Gasteiger partial charge in [-0.15, -0.1) is 0 Å². The SMILES string of the molecule is CCCN(Cc1cccn1Cc1cccc(Cl)c1)C(=O)Nc1cccc(C(F)(F)F)c1. The van der Waals surface area contributed by atoms with Crippen LogP contribution < -0.4 is 5.32 Å². The maximum Gasteiger partial charge on any atom is 0.416 e. The highest BCUT2D eigenvalue weighted by molar-refractivity contribution is 6.30. The van der Waals surface area contributed by atoms with Crippen LogP contribution in [0, 0.1) is 0 Å². The van der Waals surface area contributed by atoms with Crippen molar-refractivity contribution < 1.29 is 18.0 Å². The molecule has 0 aliphatic rings. The number of aromatic nitrogens is 1. The first-order valence-electron chi connectivity index (χ1n) is 9.88. The van der Waals surface area contributed by atoms with Gasteiger partial charge < -0.3 is 14.8 Å². The highest BCUT2D eigenvalue weighted by Crippen LogP contribution is 2.30. The summed E-state index contributed by atoms with van der Waals surface area (Å²) in [4.78, 5) is 14.4. The zero-order valence-electron chi connectivity index (χ0n) is 17.0.